The Morgan fingerprint density at radius 1 is 1.31 bits per heavy atom. The number of aromatic amines is 1. The summed E-state index contributed by atoms with van der Waals surface area (Å²) < 4.78 is 5.40. The average Bonchev–Trinajstić information content (AvgIpc) is 3.37. The molecule has 0 aromatic carbocycles. The van der Waals surface area contributed by atoms with Crippen LogP contribution in [0, 0.1) is 0 Å². The number of fused-ring (bicyclic) bond motifs is 3. The molecule has 0 atom stereocenters. The molecule has 26 heavy (non-hydrogen) atoms. The van der Waals surface area contributed by atoms with Crippen molar-refractivity contribution in [2.75, 3.05) is 0 Å². The first-order chi connectivity index (χ1) is 12.8. The average molecular weight is 402 g/mol. The fraction of sp³-hybridized carbons (Fsp3) is 0.278. The molecule has 1 N–H and O–H groups in total. The molecule has 1 aliphatic rings. The van der Waals surface area contributed by atoms with Gasteiger partial charge in [0.25, 0.3) is 5.56 Å². The number of nitrogens with one attached hydrogen (secondary N) is 1. The molecule has 0 radical (unpaired) electrons. The molecule has 8 heteroatoms. The van der Waals surface area contributed by atoms with E-state index in [9.17, 15) is 4.79 Å². The number of thioether (sulfide) groups is 1. The minimum absolute atomic E-state index is 0.0173. The highest BCUT2D eigenvalue weighted by Gasteiger charge is 2.20. The van der Waals surface area contributed by atoms with Crippen LogP contribution < -0.4 is 5.56 Å². The van der Waals surface area contributed by atoms with Crippen LogP contribution in [0.15, 0.2) is 38.1 Å². The lowest BCUT2D eigenvalue weighted by atomic mass is 9.97. The number of aromatic nitrogens is 3. The molecule has 0 bridgehead atoms. The van der Waals surface area contributed by atoms with Gasteiger partial charge in [-0.05, 0) is 42.7 Å². The summed E-state index contributed by atoms with van der Waals surface area (Å²) in [6, 6.07) is 5.94. The van der Waals surface area contributed by atoms with Gasteiger partial charge >= 0.3 is 0 Å². The number of nitrogens with zero attached hydrogens (tertiary/aromatic N) is 2. The molecule has 0 unspecified atom stereocenters. The van der Waals surface area contributed by atoms with Gasteiger partial charge in [-0.2, -0.15) is 0 Å². The summed E-state index contributed by atoms with van der Waals surface area (Å²) in [6.45, 7) is 0. The zero-order valence-electron chi connectivity index (χ0n) is 13.8. The Balaban J connectivity index is 1.39. The van der Waals surface area contributed by atoms with Gasteiger partial charge in [-0.3, -0.25) is 4.79 Å². The van der Waals surface area contributed by atoms with E-state index in [1.807, 2.05) is 23.6 Å². The molecule has 1 aliphatic carbocycles. The SMILES string of the molecule is O=c1[nH]c(SCc2cc(-c3cccs3)on2)nc2sc3c(c12)CCCC3. The number of hydrogen-bond donors (Lipinski definition) is 1. The second-order valence-corrected chi connectivity index (χ2v) is 9.21. The van der Waals surface area contributed by atoms with Gasteiger partial charge in [-0.25, -0.2) is 4.98 Å². The third-order valence-corrected chi connectivity index (χ3v) is 7.46. The number of hydrogen-bond acceptors (Lipinski definition) is 7. The molecule has 0 fully saturated rings. The molecule has 0 saturated carbocycles. The normalized spacial score (nSPS) is 14.0. The molecule has 0 aliphatic heterocycles. The number of thiophene rings is 2. The summed E-state index contributed by atoms with van der Waals surface area (Å²) in [7, 11) is 0. The summed E-state index contributed by atoms with van der Waals surface area (Å²) in [5, 5.41) is 7.57. The molecule has 0 spiro atoms. The second kappa shape index (κ2) is 6.68. The molecule has 0 amide bonds. The van der Waals surface area contributed by atoms with Crippen molar-refractivity contribution in [3.05, 3.63) is 50.1 Å². The van der Waals surface area contributed by atoms with Crippen LogP contribution in [0.25, 0.3) is 20.9 Å². The van der Waals surface area contributed by atoms with Crippen molar-refractivity contribution >= 4 is 44.7 Å². The Morgan fingerprint density at radius 2 is 2.23 bits per heavy atom. The minimum atomic E-state index is -0.0173. The van der Waals surface area contributed by atoms with E-state index in [1.165, 1.54) is 28.6 Å². The Kier molecular flexibility index (Phi) is 4.18. The Bertz CT molecular complexity index is 1120. The highest BCUT2D eigenvalue weighted by molar-refractivity contribution is 7.98. The number of aryl methyl sites for hydroxylation is 2. The smallest absolute Gasteiger partial charge is 0.260 e. The lowest BCUT2D eigenvalue weighted by molar-refractivity contribution is 0.427. The summed E-state index contributed by atoms with van der Waals surface area (Å²) >= 11 is 4.78. The lowest BCUT2D eigenvalue weighted by Crippen LogP contribution is -2.10. The quantitative estimate of drug-likeness (QED) is 0.390. The maximum atomic E-state index is 12.6. The fourth-order valence-corrected chi connectivity index (χ4v) is 6.00. The molecule has 0 saturated heterocycles. The van der Waals surface area contributed by atoms with Crippen molar-refractivity contribution in [1.29, 1.82) is 0 Å². The summed E-state index contributed by atoms with van der Waals surface area (Å²) in [4.78, 5) is 23.4. The largest absolute Gasteiger partial charge is 0.355 e. The van der Waals surface area contributed by atoms with E-state index in [0.29, 0.717) is 10.9 Å². The van der Waals surface area contributed by atoms with Gasteiger partial charge in [0.05, 0.1) is 16.0 Å². The van der Waals surface area contributed by atoms with Gasteiger partial charge in [0, 0.05) is 16.7 Å². The van der Waals surface area contributed by atoms with Crippen LogP contribution in [0.3, 0.4) is 0 Å². The zero-order chi connectivity index (χ0) is 17.5. The van der Waals surface area contributed by atoms with E-state index in [0.717, 1.165) is 45.8 Å². The molecule has 5 rings (SSSR count). The van der Waals surface area contributed by atoms with Crippen LogP contribution in [0.1, 0.15) is 29.0 Å². The standard InChI is InChI=1S/C18H15N3O2S3/c22-16-15-11-4-1-2-5-13(11)26-17(15)20-18(19-16)25-9-10-8-12(23-21-10)14-6-3-7-24-14/h3,6-8H,1-2,4-5,9H2,(H,19,20,22). The maximum Gasteiger partial charge on any atom is 0.260 e. The van der Waals surface area contributed by atoms with Crippen LogP contribution in [0.5, 0.6) is 0 Å². The second-order valence-electron chi connectivity index (χ2n) is 6.21. The first-order valence-electron chi connectivity index (χ1n) is 8.45. The van der Waals surface area contributed by atoms with Gasteiger partial charge in [0.2, 0.25) is 0 Å². The Labute approximate surface area is 161 Å². The van der Waals surface area contributed by atoms with E-state index < -0.39 is 0 Å². The van der Waals surface area contributed by atoms with E-state index in [1.54, 1.807) is 22.7 Å². The monoisotopic (exact) mass is 401 g/mol. The fourth-order valence-electron chi connectivity index (χ4n) is 3.27. The lowest BCUT2D eigenvalue weighted by Gasteiger charge is -2.09. The highest BCUT2D eigenvalue weighted by Crippen LogP contribution is 2.34. The summed E-state index contributed by atoms with van der Waals surface area (Å²) in [5.74, 6) is 1.38. The molecule has 5 nitrogen and oxygen atoms in total. The van der Waals surface area contributed by atoms with Gasteiger partial charge in [0.15, 0.2) is 10.9 Å². The number of H-pyrrole nitrogens is 1. The van der Waals surface area contributed by atoms with Crippen LogP contribution in [-0.2, 0) is 18.6 Å². The van der Waals surface area contributed by atoms with Crippen LogP contribution in [-0.4, -0.2) is 15.1 Å². The zero-order valence-corrected chi connectivity index (χ0v) is 16.2. The van der Waals surface area contributed by atoms with E-state index >= 15 is 0 Å². The number of rotatable bonds is 4. The van der Waals surface area contributed by atoms with Gasteiger partial charge in [0.1, 0.15) is 4.83 Å². The van der Waals surface area contributed by atoms with Crippen molar-refractivity contribution in [2.45, 2.75) is 36.6 Å². The molecule has 4 aromatic heterocycles. The molecule has 4 aromatic rings. The van der Waals surface area contributed by atoms with Crippen molar-refractivity contribution in [2.24, 2.45) is 0 Å². The highest BCUT2D eigenvalue weighted by atomic mass is 32.2. The van der Waals surface area contributed by atoms with Crippen LogP contribution >= 0.6 is 34.4 Å². The molecule has 132 valence electrons. The van der Waals surface area contributed by atoms with Crippen molar-refractivity contribution in [3.63, 3.8) is 0 Å². The van der Waals surface area contributed by atoms with Crippen LogP contribution in [0.4, 0.5) is 0 Å². The summed E-state index contributed by atoms with van der Waals surface area (Å²) in [6.07, 6.45) is 4.44. The van der Waals surface area contributed by atoms with E-state index in [4.69, 9.17) is 4.52 Å². The molecular weight excluding hydrogens is 386 g/mol. The Morgan fingerprint density at radius 3 is 3.12 bits per heavy atom. The van der Waals surface area contributed by atoms with Crippen molar-refractivity contribution < 1.29 is 4.52 Å². The third-order valence-electron chi connectivity index (χ3n) is 4.48. The first kappa shape index (κ1) is 16.3. The first-order valence-corrected chi connectivity index (χ1v) is 11.1. The van der Waals surface area contributed by atoms with E-state index in [-0.39, 0.29) is 5.56 Å². The summed E-state index contributed by atoms with van der Waals surface area (Å²) in [5.41, 5.74) is 2.04. The van der Waals surface area contributed by atoms with Gasteiger partial charge in [-0.15, -0.1) is 22.7 Å². The molecule has 4 heterocycles. The van der Waals surface area contributed by atoms with E-state index in [2.05, 4.69) is 15.1 Å². The van der Waals surface area contributed by atoms with Gasteiger partial charge < -0.3 is 9.51 Å². The Hall–Kier alpha value is -1.90. The topological polar surface area (TPSA) is 71.8 Å². The minimum Gasteiger partial charge on any atom is -0.355 e. The predicted molar refractivity (Wildman–Crippen MR) is 106 cm³/mol. The maximum absolute atomic E-state index is 12.6. The van der Waals surface area contributed by atoms with Crippen molar-refractivity contribution in [3.8, 4) is 10.6 Å². The third kappa shape index (κ3) is 2.91. The van der Waals surface area contributed by atoms with Gasteiger partial charge in [-0.1, -0.05) is 23.0 Å². The van der Waals surface area contributed by atoms with Crippen molar-refractivity contribution in [1.82, 2.24) is 15.1 Å². The van der Waals surface area contributed by atoms with Crippen LogP contribution in [0.2, 0.25) is 0 Å². The molecular formula is C18H15N3O2S3. The predicted octanol–water partition coefficient (Wildman–Crippen LogP) is 4.87.